The molecule has 1 aliphatic heterocycles. The summed E-state index contributed by atoms with van der Waals surface area (Å²) < 4.78 is 5.09. The highest BCUT2D eigenvalue weighted by Crippen LogP contribution is 2.18. The zero-order valence-electron chi connectivity index (χ0n) is 12.8. The van der Waals surface area contributed by atoms with Gasteiger partial charge in [-0.2, -0.15) is 0 Å². The van der Waals surface area contributed by atoms with Gasteiger partial charge in [0.15, 0.2) is 0 Å². The molecule has 2 N–H and O–H groups in total. The maximum atomic E-state index is 12.1. The highest BCUT2D eigenvalue weighted by molar-refractivity contribution is 6.30. The maximum Gasteiger partial charge on any atom is 0.343 e. The summed E-state index contributed by atoms with van der Waals surface area (Å²) in [5.41, 5.74) is 7.74. The number of rotatable bonds is 5. The second-order valence-corrected chi connectivity index (χ2v) is 5.47. The Balaban J connectivity index is 2.20. The third-order valence-electron chi connectivity index (χ3n) is 3.32. The molecule has 0 bridgehead atoms. The van der Waals surface area contributed by atoms with Crippen LogP contribution >= 0.6 is 11.6 Å². The fraction of sp³-hybridized carbons (Fsp3) is 0.375. The van der Waals surface area contributed by atoms with E-state index >= 15 is 0 Å². The summed E-state index contributed by atoms with van der Waals surface area (Å²) in [4.78, 5) is 18.6. The van der Waals surface area contributed by atoms with E-state index in [2.05, 4.69) is 4.99 Å². The van der Waals surface area contributed by atoms with E-state index in [1.54, 1.807) is 13.8 Å². The minimum Gasteiger partial charge on any atom is -0.462 e. The highest BCUT2D eigenvalue weighted by atomic mass is 35.5. The van der Waals surface area contributed by atoms with Crippen molar-refractivity contribution in [1.82, 2.24) is 4.90 Å². The first kappa shape index (κ1) is 16.4. The van der Waals surface area contributed by atoms with Crippen LogP contribution in [0.1, 0.15) is 19.4 Å². The molecule has 1 aliphatic rings. The molecule has 0 aromatic heterocycles. The number of aliphatic imine (C=N–C) groups is 1. The number of ether oxygens (including phenoxy) is 1. The third kappa shape index (κ3) is 3.80. The molecule has 6 heteroatoms. The molecule has 1 aromatic carbocycles. The van der Waals surface area contributed by atoms with Crippen LogP contribution in [0.2, 0.25) is 5.02 Å². The van der Waals surface area contributed by atoms with Gasteiger partial charge in [0.05, 0.1) is 13.2 Å². The van der Waals surface area contributed by atoms with Crippen LogP contribution in [0.4, 0.5) is 0 Å². The van der Waals surface area contributed by atoms with Gasteiger partial charge in [0.25, 0.3) is 0 Å². The van der Waals surface area contributed by atoms with Gasteiger partial charge in [-0.25, -0.2) is 4.79 Å². The summed E-state index contributed by atoms with van der Waals surface area (Å²) >= 11 is 5.90. The highest BCUT2D eigenvalue weighted by Gasteiger charge is 2.27. The zero-order chi connectivity index (χ0) is 16.1. The zero-order valence-corrected chi connectivity index (χ0v) is 13.6. The lowest BCUT2D eigenvalue weighted by atomic mass is 10.1. The predicted octanol–water partition coefficient (Wildman–Crippen LogP) is 2.35. The van der Waals surface area contributed by atoms with Crippen LogP contribution in [-0.4, -0.2) is 36.4 Å². The topological polar surface area (TPSA) is 67.9 Å². The second-order valence-electron chi connectivity index (χ2n) is 5.03. The van der Waals surface area contributed by atoms with Crippen LogP contribution < -0.4 is 5.73 Å². The van der Waals surface area contributed by atoms with Gasteiger partial charge < -0.3 is 15.4 Å². The molecule has 2 rings (SSSR count). The molecule has 118 valence electrons. The van der Waals surface area contributed by atoms with Crippen LogP contribution in [0, 0.1) is 0 Å². The van der Waals surface area contributed by atoms with E-state index < -0.39 is 5.97 Å². The van der Waals surface area contributed by atoms with Gasteiger partial charge in [0, 0.05) is 23.8 Å². The van der Waals surface area contributed by atoms with Crippen molar-refractivity contribution < 1.29 is 9.53 Å². The van der Waals surface area contributed by atoms with Crippen molar-refractivity contribution in [3.63, 3.8) is 0 Å². The number of halogens is 1. The molecule has 0 unspecified atom stereocenters. The van der Waals surface area contributed by atoms with Crippen molar-refractivity contribution in [2.75, 3.05) is 19.7 Å². The van der Waals surface area contributed by atoms with Crippen LogP contribution in [0.3, 0.4) is 0 Å². The van der Waals surface area contributed by atoms with Crippen molar-refractivity contribution in [3.8, 4) is 0 Å². The van der Waals surface area contributed by atoms with Crippen molar-refractivity contribution in [2.45, 2.75) is 20.4 Å². The molecule has 0 fully saturated rings. The van der Waals surface area contributed by atoms with E-state index in [0.717, 1.165) is 12.1 Å². The lowest BCUT2D eigenvalue weighted by Gasteiger charge is -2.22. The summed E-state index contributed by atoms with van der Waals surface area (Å²) in [6.07, 6.45) is 0. The minimum atomic E-state index is -0.427. The summed E-state index contributed by atoms with van der Waals surface area (Å²) in [5.74, 6) is 0.178. The number of carbonyl (C=O) groups excluding carboxylic acids is 1. The molecule has 0 saturated heterocycles. The Morgan fingerprint density at radius 1 is 1.41 bits per heavy atom. The molecule has 0 spiro atoms. The molecular weight excluding hydrogens is 302 g/mol. The van der Waals surface area contributed by atoms with Gasteiger partial charge in [0.1, 0.15) is 11.4 Å². The molecule has 0 saturated carbocycles. The fourth-order valence-corrected chi connectivity index (χ4v) is 2.44. The summed E-state index contributed by atoms with van der Waals surface area (Å²) in [6, 6.07) is 7.61. The van der Waals surface area contributed by atoms with Gasteiger partial charge in [-0.1, -0.05) is 23.7 Å². The molecule has 5 nitrogen and oxygen atoms in total. The average Bonchev–Trinajstić information content (AvgIpc) is 2.89. The smallest absolute Gasteiger partial charge is 0.343 e. The third-order valence-corrected chi connectivity index (χ3v) is 3.57. The van der Waals surface area contributed by atoms with Crippen molar-refractivity contribution >= 4 is 23.4 Å². The maximum absolute atomic E-state index is 12.1. The van der Waals surface area contributed by atoms with Gasteiger partial charge in [-0.15, -0.1) is 0 Å². The molecule has 0 radical (unpaired) electrons. The van der Waals surface area contributed by atoms with Gasteiger partial charge in [-0.3, -0.25) is 4.99 Å². The molecule has 1 aromatic rings. The van der Waals surface area contributed by atoms with Gasteiger partial charge >= 0.3 is 5.97 Å². The first-order valence-corrected chi connectivity index (χ1v) is 7.58. The van der Waals surface area contributed by atoms with E-state index in [1.807, 2.05) is 29.2 Å². The van der Waals surface area contributed by atoms with E-state index in [4.69, 9.17) is 22.1 Å². The number of nitrogens with two attached hydrogens (primary N) is 1. The van der Waals surface area contributed by atoms with E-state index in [9.17, 15) is 4.79 Å². The average molecular weight is 322 g/mol. The molecule has 0 aliphatic carbocycles. The number of hydrogen-bond donors (Lipinski definition) is 1. The molecule has 1 heterocycles. The molecule has 22 heavy (non-hydrogen) atoms. The van der Waals surface area contributed by atoms with Crippen molar-refractivity contribution in [1.29, 1.82) is 0 Å². The van der Waals surface area contributed by atoms with Crippen molar-refractivity contribution in [3.05, 3.63) is 46.1 Å². The van der Waals surface area contributed by atoms with Crippen molar-refractivity contribution in [2.24, 2.45) is 10.7 Å². The summed E-state index contributed by atoms with van der Waals surface area (Å²) in [5, 5.41) is 0.698. The van der Waals surface area contributed by atoms with E-state index in [0.29, 0.717) is 41.8 Å². The Labute approximate surface area is 135 Å². The lowest BCUT2D eigenvalue weighted by Crippen LogP contribution is -2.33. The van der Waals surface area contributed by atoms with E-state index in [1.165, 1.54) is 0 Å². The lowest BCUT2D eigenvalue weighted by molar-refractivity contribution is -0.138. The monoisotopic (exact) mass is 321 g/mol. The Morgan fingerprint density at radius 3 is 2.68 bits per heavy atom. The first-order chi connectivity index (χ1) is 10.5. The largest absolute Gasteiger partial charge is 0.462 e. The standard InChI is InChI=1S/C16H20ClN3O2/c1-3-22-16(21)14(11(2)18)15-19-8-9-20(15)10-12-4-6-13(17)7-5-12/h4-7H,3,8-10,18H2,1-2H3. The summed E-state index contributed by atoms with van der Waals surface area (Å²) in [7, 11) is 0. The SMILES string of the molecule is CCOC(=O)C(C1=NCCN1Cc1ccc(Cl)cc1)=C(C)N. The molecular formula is C16H20ClN3O2. The Kier molecular flexibility index (Phi) is 5.44. The summed E-state index contributed by atoms with van der Waals surface area (Å²) in [6.45, 7) is 5.79. The Hall–Kier alpha value is -2.01. The van der Waals surface area contributed by atoms with Crippen LogP contribution in [0.15, 0.2) is 40.5 Å². The number of hydrogen-bond acceptors (Lipinski definition) is 5. The number of carbonyl (C=O) groups is 1. The second kappa shape index (κ2) is 7.31. The fourth-order valence-electron chi connectivity index (χ4n) is 2.32. The number of nitrogens with zero attached hydrogens (tertiary/aromatic N) is 2. The van der Waals surface area contributed by atoms with Crippen LogP contribution in [-0.2, 0) is 16.1 Å². The predicted molar refractivity (Wildman–Crippen MR) is 87.7 cm³/mol. The normalized spacial score (nSPS) is 15.4. The van der Waals surface area contributed by atoms with Gasteiger partial charge in [0.2, 0.25) is 0 Å². The Bertz CT molecular complexity index is 604. The number of amidine groups is 1. The number of esters is 1. The minimum absolute atomic E-state index is 0.306. The number of benzene rings is 1. The number of allylic oxidation sites excluding steroid dienone is 1. The Morgan fingerprint density at radius 2 is 2.09 bits per heavy atom. The van der Waals surface area contributed by atoms with Crippen LogP contribution in [0.25, 0.3) is 0 Å². The van der Waals surface area contributed by atoms with E-state index in [-0.39, 0.29) is 0 Å². The van der Waals surface area contributed by atoms with Gasteiger partial charge in [-0.05, 0) is 31.5 Å². The first-order valence-electron chi connectivity index (χ1n) is 7.20. The van der Waals surface area contributed by atoms with Crippen LogP contribution in [0.5, 0.6) is 0 Å². The molecule has 0 atom stereocenters. The molecule has 0 amide bonds. The quantitative estimate of drug-likeness (QED) is 0.667.